The quantitative estimate of drug-likeness (QED) is 0.484. The second-order valence-corrected chi connectivity index (χ2v) is 6.95. The number of halogens is 1. The predicted molar refractivity (Wildman–Crippen MR) is 108 cm³/mol. The molecule has 1 amide bonds. The highest BCUT2D eigenvalue weighted by Gasteiger charge is 2.10. The Balaban J connectivity index is 1.55. The van der Waals surface area contributed by atoms with Crippen molar-refractivity contribution in [2.24, 2.45) is 0 Å². The molecule has 0 aliphatic heterocycles. The summed E-state index contributed by atoms with van der Waals surface area (Å²) in [4.78, 5) is 17.8. The van der Waals surface area contributed by atoms with Gasteiger partial charge in [0.15, 0.2) is 4.96 Å². The van der Waals surface area contributed by atoms with Crippen molar-refractivity contribution in [2.75, 3.05) is 5.32 Å². The fraction of sp³-hybridized carbons (Fsp3) is 0. The van der Waals surface area contributed by atoms with E-state index in [0.29, 0.717) is 5.02 Å². The molecule has 0 spiro atoms. The zero-order valence-electron chi connectivity index (χ0n) is 13.6. The molecule has 2 aromatic heterocycles. The summed E-state index contributed by atoms with van der Waals surface area (Å²) in [7, 11) is 0. The number of fused-ring (bicyclic) bond motifs is 1. The normalized spacial score (nSPS) is 11.3. The topological polar surface area (TPSA) is 46.4 Å². The molecule has 0 saturated carbocycles. The third-order valence-electron chi connectivity index (χ3n) is 3.85. The van der Waals surface area contributed by atoms with Crippen LogP contribution in [-0.2, 0) is 4.79 Å². The molecule has 0 aliphatic rings. The first-order valence-electron chi connectivity index (χ1n) is 7.95. The average Bonchev–Trinajstić information content (AvgIpc) is 3.24. The highest BCUT2D eigenvalue weighted by molar-refractivity contribution is 7.15. The van der Waals surface area contributed by atoms with Gasteiger partial charge in [0.05, 0.1) is 11.4 Å². The summed E-state index contributed by atoms with van der Waals surface area (Å²) < 4.78 is 1.97. The van der Waals surface area contributed by atoms with Crippen LogP contribution < -0.4 is 5.32 Å². The lowest BCUT2D eigenvalue weighted by molar-refractivity contribution is -0.111. The van der Waals surface area contributed by atoms with Gasteiger partial charge >= 0.3 is 0 Å². The summed E-state index contributed by atoms with van der Waals surface area (Å²) in [5.74, 6) is -0.201. The van der Waals surface area contributed by atoms with Crippen molar-refractivity contribution < 1.29 is 4.79 Å². The van der Waals surface area contributed by atoms with Crippen LogP contribution in [0.2, 0.25) is 5.02 Å². The van der Waals surface area contributed by atoms with E-state index in [2.05, 4.69) is 10.3 Å². The molecule has 1 N–H and O–H groups in total. The van der Waals surface area contributed by atoms with Crippen LogP contribution in [0.15, 0.2) is 72.4 Å². The Hall–Kier alpha value is -2.89. The monoisotopic (exact) mass is 379 g/mol. The molecule has 26 heavy (non-hydrogen) atoms. The minimum atomic E-state index is -0.201. The first kappa shape index (κ1) is 16.6. The van der Waals surface area contributed by atoms with Gasteiger partial charge in [-0.1, -0.05) is 41.9 Å². The van der Waals surface area contributed by atoms with Gasteiger partial charge in [0.1, 0.15) is 0 Å². The van der Waals surface area contributed by atoms with E-state index < -0.39 is 0 Å². The molecule has 0 saturated heterocycles. The predicted octanol–water partition coefficient (Wildman–Crippen LogP) is 5.37. The number of aromatic nitrogens is 2. The van der Waals surface area contributed by atoms with E-state index in [1.807, 2.05) is 58.6 Å². The summed E-state index contributed by atoms with van der Waals surface area (Å²) >= 11 is 7.44. The fourth-order valence-electron chi connectivity index (χ4n) is 2.59. The Kier molecular flexibility index (Phi) is 4.56. The number of benzene rings is 2. The van der Waals surface area contributed by atoms with Gasteiger partial charge in [0.25, 0.3) is 0 Å². The number of carbonyl (C=O) groups excluding carboxylic acids is 1. The van der Waals surface area contributed by atoms with E-state index in [9.17, 15) is 4.79 Å². The van der Waals surface area contributed by atoms with E-state index >= 15 is 0 Å². The SMILES string of the molecule is O=C(/C=C/c1ccc(Cl)cc1)Nc1ccccc1-c1cn2ccsc2n1. The average molecular weight is 380 g/mol. The van der Waals surface area contributed by atoms with Crippen LogP contribution in [0.25, 0.3) is 22.3 Å². The van der Waals surface area contributed by atoms with Crippen LogP contribution in [0, 0.1) is 0 Å². The summed E-state index contributed by atoms with van der Waals surface area (Å²) in [6.07, 6.45) is 7.18. The fourth-order valence-corrected chi connectivity index (χ4v) is 3.42. The number of rotatable bonds is 4. The maximum absolute atomic E-state index is 12.3. The Labute approximate surface area is 159 Å². The molecule has 0 bridgehead atoms. The van der Waals surface area contributed by atoms with Gasteiger partial charge < -0.3 is 5.32 Å². The molecule has 0 atom stereocenters. The number of hydrogen-bond donors (Lipinski definition) is 1. The molecule has 0 radical (unpaired) electrons. The van der Waals surface area contributed by atoms with Crippen LogP contribution in [-0.4, -0.2) is 15.3 Å². The first-order valence-corrected chi connectivity index (χ1v) is 9.21. The maximum atomic E-state index is 12.3. The Morgan fingerprint density at radius 2 is 1.96 bits per heavy atom. The van der Waals surface area contributed by atoms with Gasteiger partial charge in [-0.05, 0) is 29.8 Å². The summed E-state index contributed by atoms with van der Waals surface area (Å²) in [6.45, 7) is 0. The smallest absolute Gasteiger partial charge is 0.248 e. The molecule has 0 aliphatic carbocycles. The van der Waals surface area contributed by atoms with Gasteiger partial charge in [-0.15, -0.1) is 11.3 Å². The van der Waals surface area contributed by atoms with Crippen molar-refractivity contribution in [3.05, 3.63) is 83.0 Å². The number of nitrogens with zero attached hydrogens (tertiary/aromatic N) is 2. The highest BCUT2D eigenvalue weighted by Crippen LogP contribution is 2.28. The molecule has 2 aromatic carbocycles. The van der Waals surface area contributed by atoms with Crippen molar-refractivity contribution in [3.8, 4) is 11.3 Å². The van der Waals surface area contributed by atoms with Gasteiger partial charge in [-0.25, -0.2) is 4.98 Å². The standard InChI is InChI=1S/C20H14ClN3OS/c21-15-8-5-14(6-9-15)7-10-19(25)22-17-4-2-1-3-16(17)18-13-24-11-12-26-20(24)23-18/h1-13H,(H,22,25)/b10-7+. The minimum Gasteiger partial charge on any atom is -0.322 e. The molecule has 128 valence electrons. The van der Waals surface area contributed by atoms with Crippen LogP contribution >= 0.6 is 22.9 Å². The lowest BCUT2D eigenvalue weighted by atomic mass is 10.1. The second-order valence-electron chi connectivity index (χ2n) is 5.64. The van der Waals surface area contributed by atoms with E-state index in [4.69, 9.17) is 11.6 Å². The van der Waals surface area contributed by atoms with Crippen LogP contribution in [0.4, 0.5) is 5.69 Å². The van der Waals surface area contributed by atoms with Crippen molar-refractivity contribution in [3.63, 3.8) is 0 Å². The Morgan fingerprint density at radius 3 is 2.77 bits per heavy atom. The molecule has 2 heterocycles. The van der Waals surface area contributed by atoms with Gasteiger partial charge in [0, 0.05) is 34.4 Å². The largest absolute Gasteiger partial charge is 0.322 e. The lowest BCUT2D eigenvalue weighted by Crippen LogP contribution is -2.08. The number of imidazole rings is 1. The number of thiazole rings is 1. The Bertz CT molecular complexity index is 1070. The number of nitrogens with one attached hydrogen (secondary N) is 1. The number of anilines is 1. The third kappa shape index (κ3) is 3.54. The first-order chi connectivity index (χ1) is 12.7. The van der Waals surface area contributed by atoms with Crippen molar-refractivity contribution in [1.82, 2.24) is 9.38 Å². The van der Waals surface area contributed by atoms with E-state index in [1.54, 1.807) is 29.5 Å². The van der Waals surface area contributed by atoms with Crippen molar-refractivity contribution in [1.29, 1.82) is 0 Å². The van der Waals surface area contributed by atoms with E-state index in [1.165, 1.54) is 6.08 Å². The van der Waals surface area contributed by atoms with Crippen LogP contribution in [0.5, 0.6) is 0 Å². The van der Waals surface area contributed by atoms with Crippen LogP contribution in [0.3, 0.4) is 0 Å². The zero-order chi connectivity index (χ0) is 17.9. The van der Waals surface area contributed by atoms with E-state index in [0.717, 1.165) is 27.5 Å². The molecular formula is C20H14ClN3OS. The highest BCUT2D eigenvalue weighted by atomic mass is 35.5. The summed E-state index contributed by atoms with van der Waals surface area (Å²) in [5.41, 5.74) is 3.35. The van der Waals surface area contributed by atoms with Crippen molar-refractivity contribution in [2.45, 2.75) is 0 Å². The van der Waals surface area contributed by atoms with Gasteiger partial charge in [0.2, 0.25) is 5.91 Å². The molecule has 4 nitrogen and oxygen atoms in total. The number of amides is 1. The number of carbonyl (C=O) groups is 1. The maximum Gasteiger partial charge on any atom is 0.248 e. The second kappa shape index (κ2) is 7.15. The number of para-hydroxylation sites is 1. The lowest BCUT2D eigenvalue weighted by Gasteiger charge is -2.07. The third-order valence-corrected chi connectivity index (χ3v) is 4.87. The Morgan fingerprint density at radius 1 is 1.15 bits per heavy atom. The minimum absolute atomic E-state index is 0.201. The van der Waals surface area contributed by atoms with Gasteiger partial charge in [-0.2, -0.15) is 0 Å². The van der Waals surface area contributed by atoms with Crippen molar-refractivity contribution >= 4 is 45.6 Å². The molecule has 6 heteroatoms. The number of hydrogen-bond acceptors (Lipinski definition) is 3. The summed E-state index contributed by atoms with van der Waals surface area (Å²) in [5, 5.41) is 5.58. The van der Waals surface area contributed by atoms with Gasteiger partial charge in [-0.3, -0.25) is 9.20 Å². The van der Waals surface area contributed by atoms with Crippen LogP contribution in [0.1, 0.15) is 5.56 Å². The molecule has 0 fully saturated rings. The van der Waals surface area contributed by atoms with E-state index in [-0.39, 0.29) is 5.91 Å². The molecular weight excluding hydrogens is 366 g/mol. The molecule has 4 rings (SSSR count). The molecule has 0 unspecified atom stereocenters. The molecule has 4 aromatic rings. The zero-order valence-corrected chi connectivity index (χ0v) is 15.2. The summed E-state index contributed by atoms with van der Waals surface area (Å²) in [6, 6.07) is 14.9.